The van der Waals surface area contributed by atoms with E-state index in [1.54, 1.807) is 13.8 Å². The summed E-state index contributed by atoms with van der Waals surface area (Å²) < 4.78 is 0. The largest absolute Gasteiger partial charge is 0.343 e. The van der Waals surface area contributed by atoms with E-state index in [0.29, 0.717) is 76.3 Å². The number of Topliss-reactive ketones (excluding diaryl/α,β-unsaturated/α-hetero) is 4. The highest BCUT2D eigenvalue weighted by molar-refractivity contribution is 5.84. The molecule has 4 amide bonds. The van der Waals surface area contributed by atoms with Gasteiger partial charge in [0.1, 0.15) is 23.1 Å². The molecule has 0 aromatic rings. The summed E-state index contributed by atoms with van der Waals surface area (Å²) in [7, 11) is 3.79. The number of carbonyl (C=O) groups excluding carboxylic acids is 8. The van der Waals surface area contributed by atoms with Crippen LogP contribution in [0.3, 0.4) is 0 Å². The van der Waals surface area contributed by atoms with Crippen LogP contribution in [0, 0.1) is 0 Å². The van der Waals surface area contributed by atoms with Crippen molar-refractivity contribution in [1.82, 2.24) is 39.2 Å². The molecule has 4 heterocycles. The number of piperazine rings is 2. The summed E-state index contributed by atoms with van der Waals surface area (Å²) in [6.45, 7) is 44.0. The Balaban J connectivity index is 0.000000494. The van der Waals surface area contributed by atoms with Gasteiger partial charge >= 0.3 is 0 Å². The lowest BCUT2D eigenvalue weighted by Crippen LogP contribution is -2.54. The Morgan fingerprint density at radius 1 is 0.338 bits per heavy atom. The molecule has 0 aliphatic carbocycles. The van der Waals surface area contributed by atoms with Crippen molar-refractivity contribution in [2.45, 2.75) is 235 Å². The number of hydrogen-bond acceptors (Lipinski definition) is 12. The Hall–Kier alpha value is -3.60. The molecule has 74 heavy (non-hydrogen) atoms. The maximum Gasteiger partial charge on any atom is 0.223 e. The van der Waals surface area contributed by atoms with Gasteiger partial charge in [0.25, 0.3) is 0 Å². The molecule has 4 rings (SSSR count). The lowest BCUT2D eigenvalue weighted by Gasteiger charge is -2.43. The molecule has 0 aromatic carbocycles. The van der Waals surface area contributed by atoms with Gasteiger partial charge in [-0.15, -0.1) is 0 Å². The van der Waals surface area contributed by atoms with Crippen molar-refractivity contribution in [3.63, 3.8) is 0 Å². The molecule has 0 N–H and O–H groups in total. The number of likely N-dealkylation sites (tertiary alicyclic amines) is 2. The maximum atomic E-state index is 12.1. The summed E-state index contributed by atoms with van der Waals surface area (Å²) in [6, 6.07) is 0.691. The molecule has 16 heteroatoms. The van der Waals surface area contributed by atoms with Crippen LogP contribution >= 0.6 is 0 Å². The predicted molar refractivity (Wildman–Crippen MR) is 299 cm³/mol. The number of amides is 4. The molecule has 4 fully saturated rings. The van der Waals surface area contributed by atoms with Crippen LogP contribution in [0.5, 0.6) is 0 Å². The lowest BCUT2D eigenvalue weighted by atomic mass is 9.97. The third kappa shape index (κ3) is 27.4. The Morgan fingerprint density at radius 2 is 0.595 bits per heavy atom. The molecule has 428 valence electrons. The monoisotopic (exact) mass is 1040 g/mol. The van der Waals surface area contributed by atoms with Crippen molar-refractivity contribution in [1.29, 1.82) is 0 Å². The van der Waals surface area contributed by atoms with Gasteiger partial charge < -0.3 is 38.8 Å². The number of hydrogen-bond donors (Lipinski definition) is 0. The first-order valence-corrected chi connectivity index (χ1v) is 28.1. The molecule has 0 bridgehead atoms. The third-order valence-corrected chi connectivity index (χ3v) is 15.1. The minimum atomic E-state index is 0.0873. The summed E-state index contributed by atoms with van der Waals surface area (Å²) in [5.41, 5.74) is 0.787. The van der Waals surface area contributed by atoms with E-state index >= 15 is 0 Å². The summed E-state index contributed by atoms with van der Waals surface area (Å²) in [5.74, 6) is 1.11. The van der Waals surface area contributed by atoms with Crippen LogP contribution in [0.25, 0.3) is 0 Å². The average Bonchev–Trinajstić information content (AvgIpc) is 3.31. The Kier molecular flexibility index (Phi) is 29.8. The van der Waals surface area contributed by atoms with Crippen molar-refractivity contribution in [3.05, 3.63) is 0 Å². The molecular formula is C58H108N8O8. The van der Waals surface area contributed by atoms with Crippen LogP contribution in [0.1, 0.15) is 201 Å². The van der Waals surface area contributed by atoms with E-state index < -0.39 is 0 Å². The van der Waals surface area contributed by atoms with Gasteiger partial charge in [-0.2, -0.15) is 0 Å². The highest BCUT2D eigenvalue weighted by Gasteiger charge is 2.33. The van der Waals surface area contributed by atoms with E-state index in [1.165, 1.54) is 13.8 Å². The molecule has 0 spiro atoms. The quantitative estimate of drug-likeness (QED) is 0.150. The standard InChI is InChI=1S/C16H30N2O2.C15H28N2O2.C14H26N2O2.C13H24N2O2/c1-13(19)7-6-8-15(20)17(5)14-9-11-18(12-10-14)16(2,3)4;1-12(18)6-7-14(19)16(5)13-8-10-17(11-9-13)15(2,3)4;1-12(17)6-5-7-13(18)15-8-10-16(11-9-15)14(2,3)4;1-11(16)5-6-12(17)14-7-9-15(10-8-14)13(2,3)4/h14H,6-12H2,1-5H3;13H,6-11H2,1-5H3;5-11H2,1-4H3;5-10H2,1-4H3. The van der Waals surface area contributed by atoms with E-state index in [2.05, 4.69) is 103 Å². The summed E-state index contributed by atoms with van der Waals surface area (Å²) in [5, 5.41) is 0. The van der Waals surface area contributed by atoms with E-state index in [1.807, 2.05) is 33.7 Å². The molecule has 16 nitrogen and oxygen atoms in total. The number of rotatable bonds is 16. The number of nitrogens with zero attached hydrogens (tertiary/aromatic N) is 8. The van der Waals surface area contributed by atoms with Crippen molar-refractivity contribution in [2.75, 3.05) is 92.6 Å². The first-order valence-electron chi connectivity index (χ1n) is 28.1. The second kappa shape index (κ2) is 32.2. The van der Waals surface area contributed by atoms with Gasteiger partial charge in [-0.3, -0.25) is 38.8 Å². The number of ketones is 4. The highest BCUT2D eigenvalue weighted by atomic mass is 16.2. The van der Waals surface area contributed by atoms with E-state index in [9.17, 15) is 38.4 Å². The zero-order chi connectivity index (χ0) is 56.8. The second-order valence-corrected chi connectivity index (χ2v) is 25.4. The van der Waals surface area contributed by atoms with Crippen molar-refractivity contribution >= 4 is 46.8 Å². The van der Waals surface area contributed by atoms with Crippen LogP contribution in [0.4, 0.5) is 0 Å². The molecule has 0 saturated carbocycles. The Morgan fingerprint density at radius 3 is 0.892 bits per heavy atom. The smallest absolute Gasteiger partial charge is 0.223 e. The van der Waals surface area contributed by atoms with Gasteiger partial charge in [0.2, 0.25) is 23.6 Å². The molecule has 4 aliphatic rings. The fourth-order valence-corrected chi connectivity index (χ4v) is 9.72. The first kappa shape index (κ1) is 68.4. The third-order valence-electron chi connectivity index (χ3n) is 15.1. The molecular weight excluding hydrogens is 937 g/mol. The zero-order valence-corrected chi connectivity index (χ0v) is 50.4. The van der Waals surface area contributed by atoms with Gasteiger partial charge in [0, 0.05) is 178 Å². The fraction of sp³-hybridized carbons (Fsp3) is 0.862. The molecule has 0 radical (unpaired) electrons. The second-order valence-electron chi connectivity index (χ2n) is 25.4. The van der Waals surface area contributed by atoms with Crippen LogP contribution in [0.15, 0.2) is 0 Å². The van der Waals surface area contributed by atoms with E-state index in [-0.39, 0.29) is 68.9 Å². The van der Waals surface area contributed by atoms with Crippen LogP contribution in [0.2, 0.25) is 0 Å². The van der Waals surface area contributed by atoms with Gasteiger partial charge in [-0.1, -0.05) is 0 Å². The van der Waals surface area contributed by atoms with Crippen LogP contribution in [-0.2, 0) is 38.4 Å². The molecule has 0 unspecified atom stereocenters. The maximum absolute atomic E-state index is 12.1. The highest BCUT2D eigenvalue weighted by Crippen LogP contribution is 2.25. The van der Waals surface area contributed by atoms with Crippen molar-refractivity contribution < 1.29 is 38.4 Å². The molecule has 0 aromatic heterocycles. The number of carbonyl (C=O) groups is 8. The topological polar surface area (TPSA) is 162 Å². The van der Waals surface area contributed by atoms with E-state index in [4.69, 9.17) is 0 Å². The summed E-state index contributed by atoms with van der Waals surface area (Å²) >= 11 is 0. The van der Waals surface area contributed by atoms with Gasteiger partial charge in [-0.25, -0.2) is 0 Å². The molecule has 4 saturated heterocycles. The first-order chi connectivity index (χ1) is 34.0. The lowest BCUT2D eigenvalue weighted by molar-refractivity contribution is -0.135. The van der Waals surface area contributed by atoms with Gasteiger partial charge in [-0.05, 0) is 149 Å². The van der Waals surface area contributed by atoms with Crippen LogP contribution < -0.4 is 0 Å². The Labute approximate surface area is 450 Å². The SMILES string of the molecule is CC(=O)CCC(=O)N(C)C1CCN(C(C)(C)C)CC1.CC(=O)CCC(=O)N1CCN(C(C)(C)C)CC1.CC(=O)CCCC(=O)N(C)C1CCN(C(C)(C)C)CC1.CC(=O)CCCC(=O)N1CCN(C(C)(C)C)CC1. The molecule has 0 atom stereocenters. The van der Waals surface area contributed by atoms with Crippen molar-refractivity contribution in [3.8, 4) is 0 Å². The average molecular weight is 1050 g/mol. The predicted octanol–water partition coefficient (Wildman–Crippen LogP) is 7.53. The van der Waals surface area contributed by atoms with Gasteiger partial charge in [0.05, 0.1) is 0 Å². The summed E-state index contributed by atoms with van der Waals surface area (Å²) in [6.07, 6.45) is 9.02. The van der Waals surface area contributed by atoms with Crippen molar-refractivity contribution in [2.24, 2.45) is 0 Å². The van der Waals surface area contributed by atoms with E-state index in [0.717, 1.165) is 104 Å². The minimum Gasteiger partial charge on any atom is -0.343 e. The zero-order valence-electron chi connectivity index (χ0n) is 50.4. The molecule has 4 aliphatic heterocycles. The Bertz CT molecular complexity index is 1760. The normalized spacial score (nSPS) is 18.1. The summed E-state index contributed by atoms with van der Waals surface area (Å²) in [4.78, 5) is 109. The van der Waals surface area contributed by atoms with Crippen LogP contribution in [-0.4, -0.2) is 213 Å². The van der Waals surface area contributed by atoms with Gasteiger partial charge in [0.15, 0.2) is 0 Å². The minimum absolute atomic E-state index is 0.0873. The number of piperidine rings is 2. The fourth-order valence-electron chi connectivity index (χ4n) is 9.72.